The Hall–Kier alpha value is -2.70. The van der Waals surface area contributed by atoms with Crippen LogP contribution < -0.4 is 10.9 Å². The Morgan fingerprint density at radius 3 is 2.81 bits per heavy atom. The smallest absolute Gasteiger partial charge is 0.346 e. The molecular weight excluding hydrogens is 382 g/mol. The molecule has 136 valence electrons. The summed E-state index contributed by atoms with van der Waals surface area (Å²) >= 11 is 2.10. The fourth-order valence-corrected chi connectivity index (χ4v) is 3.98. The molecule has 1 amide bonds. The molecule has 0 unspecified atom stereocenters. The van der Waals surface area contributed by atoms with Crippen LogP contribution in [0.25, 0.3) is 10.2 Å². The first-order valence-corrected chi connectivity index (χ1v) is 8.87. The second kappa shape index (κ2) is 7.27. The summed E-state index contributed by atoms with van der Waals surface area (Å²) in [5.41, 5.74) is -0.123. The third-order valence-corrected chi connectivity index (χ3v) is 5.41. The van der Waals surface area contributed by atoms with Crippen molar-refractivity contribution in [3.05, 3.63) is 32.1 Å². The highest BCUT2D eigenvalue weighted by molar-refractivity contribution is 7.20. The van der Waals surface area contributed by atoms with E-state index in [1.165, 1.54) is 24.8 Å². The Morgan fingerprint density at radius 2 is 2.12 bits per heavy atom. The van der Waals surface area contributed by atoms with Gasteiger partial charge in [0.05, 0.1) is 11.7 Å². The zero-order valence-electron chi connectivity index (χ0n) is 13.7. The predicted molar refractivity (Wildman–Crippen MR) is 94.8 cm³/mol. The number of carbonyl (C=O) groups is 2. The molecule has 3 aromatic heterocycles. The molecule has 0 fully saturated rings. The Bertz CT molecular complexity index is 1050. The summed E-state index contributed by atoms with van der Waals surface area (Å²) in [7, 11) is 1.53. The number of aryl methyl sites for hydroxylation is 1. The van der Waals surface area contributed by atoms with Crippen LogP contribution in [0, 0.1) is 6.92 Å². The van der Waals surface area contributed by atoms with E-state index in [0.717, 1.165) is 15.9 Å². The van der Waals surface area contributed by atoms with Crippen LogP contribution in [-0.2, 0) is 22.7 Å². The number of carbonyl (C=O) groups excluding carboxylic acids is 1. The van der Waals surface area contributed by atoms with Crippen LogP contribution in [-0.4, -0.2) is 43.8 Å². The van der Waals surface area contributed by atoms with Gasteiger partial charge in [-0.25, -0.2) is 9.78 Å². The number of fused-ring (bicyclic) bond motifs is 1. The molecule has 0 saturated heterocycles. The zero-order chi connectivity index (χ0) is 18.8. The maximum Gasteiger partial charge on any atom is 0.346 e. The lowest BCUT2D eigenvalue weighted by molar-refractivity contribution is -0.116. The molecule has 3 rings (SSSR count). The maximum atomic E-state index is 12.6. The summed E-state index contributed by atoms with van der Waals surface area (Å²) in [5.74, 6) is -1.59. The average Bonchev–Trinajstić information content (AvgIpc) is 3.15. The second-order valence-electron chi connectivity index (χ2n) is 5.20. The lowest BCUT2D eigenvalue weighted by atomic mass is 10.2. The van der Waals surface area contributed by atoms with Crippen LogP contribution >= 0.6 is 22.7 Å². The Balaban J connectivity index is 1.82. The van der Waals surface area contributed by atoms with Gasteiger partial charge in [-0.1, -0.05) is 11.3 Å². The highest BCUT2D eigenvalue weighted by atomic mass is 32.1. The number of anilines is 1. The van der Waals surface area contributed by atoms with Gasteiger partial charge in [0.1, 0.15) is 27.9 Å². The van der Waals surface area contributed by atoms with Gasteiger partial charge >= 0.3 is 5.97 Å². The average molecular weight is 395 g/mol. The summed E-state index contributed by atoms with van der Waals surface area (Å²) in [6.45, 7) is 1.56. The highest BCUT2D eigenvalue weighted by Crippen LogP contribution is 2.26. The van der Waals surface area contributed by atoms with E-state index >= 15 is 0 Å². The van der Waals surface area contributed by atoms with Crippen LogP contribution in [0.5, 0.6) is 0 Å². The van der Waals surface area contributed by atoms with Gasteiger partial charge in [0, 0.05) is 7.11 Å². The Kier molecular flexibility index (Phi) is 5.06. The third kappa shape index (κ3) is 3.47. The number of hydrogen-bond acceptors (Lipinski definition) is 9. The molecule has 0 radical (unpaired) electrons. The van der Waals surface area contributed by atoms with E-state index < -0.39 is 17.4 Å². The van der Waals surface area contributed by atoms with Crippen LogP contribution in [0.4, 0.5) is 5.13 Å². The first kappa shape index (κ1) is 18.1. The molecule has 26 heavy (non-hydrogen) atoms. The standard InChI is InChI=1S/C14H13N5O5S2/c1-6-9-11(26-10(6)13(22)23)15-5-19(12(9)21)3-7(20)16-14-18-17-8(25-14)4-24-2/h5H,3-4H2,1-2H3,(H,22,23)(H,16,18,20). The molecule has 0 aliphatic heterocycles. The number of amides is 1. The number of ether oxygens (including phenoxy) is 1. The van der Waals surface area contributed by atoms with E-state index in [2.05, 4.69) is 20.5 Å². The van der Waals surface area contributed by atoms with Gasteiger partial charge in [-0.2, -0.15) is 0 Å². The summed E-state index contributed by atoms with van der Waals surface area (Å²) in [6.07, 6.45) is 1.22. The minimum Gasteiger partial charge on any atom is -0.477 e. The molecule has 3 heterocycles. The van der Waals surface area contributed by atoms with E-state index in [1.54, 1.807) is 6.92 Å². The van der Waals surface area contributed by atoms with Crippen LogP contribution in [0.3, 0.4) is 0 Å². The molecule has 2 N–H and O–H groups in total. The van der Waals surface area contributed by atoms with Crippen molar-refractivity contribution in [1.82, 2.24) is 19.7 Å². The highest BCUT2D eigenvalue weighted by Gasteiger charge is 2.19. The minimum atomic E-state index is -1.11. The first-order chi connectivity index (χ1) is 12.4. The molecule has 0 aliphatic carbocycles. The number of methoxy groups -OCH3 is 1. The quantitative estimate of drug-likeness (QED) is 0.633. The number of nitrogens with one attached hydrogen (secondary N) is 1. The molecular formula is C14H13N5O5S2. The fourth-order valence-electron chi connectivity index (χ4n) is 2.28. The minimum absolute atomic E-state index is 0.0614. The van der Waals surface area contributed by atoms with Gasteiger partial charge in [-0.15, -0.1) is 21.5 Å². The second-order valence-corrected chi connectivity index (χ2v) is 7.26. The number of rotatable bonds is 6. The van der Waals surface area contributed by atoms with Crippen LogP contribution in [0.1, 0.15) is 20.2 Å². The molecule has 10 nitrogen and oxygen atoms in total. The Morgan fingerprint density at radius 1 is 1.35 bits per heavy atom. The van der Waals surface area contributed by atoms with Crippen molar-refractivity contribution in [2.24, 2.45) is 0 Å². The molecule has 0 bridgehead atoms. The topological polar surface area (TPSA) is 136 Å². The van der Waals surface area contributed by atoms with Gasteiger partial charge in [-0.3, -0.25) is 19.5 Å². The Labute approximate surface area is 154 Å². The molecule has 0 saturated carbocycles. The summed E-state index contributed by atoms with van der Waals surface area (Å²) in [6, 6.07) is 0. The van der Waals surface area contributed by atoms with Gasteiger partial charge in [0.2, 0.25) is 11.0 Å². The van der Waals surface area contributed by atoms with E-state index in [9.17, 15) is 14.4 Å². The zero-order valence-corrected chi connectivity index (χ0v) is 15.3. The number of aromatic carboxylic acids is 1. The van der Waals surface area contributed by atoms with Crippen molar-refractivity contribution in [3.63, 3.8) is 0 Å². The van der Waals surface area contributed by atoms with Gasteiger partial charge in [0.25, 0.3) is 5.56 Å². The van der Waals surface area contributed by atoms with Crippen molar-refractivity contribution in [1.29, 1.82) is 0 Å². The van der Waals surface area contributed by atoms with Crippen molar-refractivity contribution in [2.75, 3.05) is 12.4 Å². The summed E-state index contributed by atoms with van der Waals surface area (Å²) in [5, 5.41) is 20.5. The number of thiophene rings is 1. The van der Waals surface area contributed by atoms with Gasteiger partial charge in [-0.05, 0) is 12.5 Å². The van der Waals surface area contributed by atoms with Gasteiger partial charge in [0.15, 0.2) is 0 Å². The normalized spacial score (nSPS) is 11.0. The van der Waals surface area contributed by atoms with Crippen molar-refractivity contribution < 1.29 is 19.4 Å². The molecule has 12 heteroatoms. The SMILES string of the molecule is COCc1nnc(NC(=O)Cn2cnc3sc(C(=O)O)c(C)c3c2=O)s1. The van der Waals surface area contributed by atoms with Crippen molar-refractivity contribution in [2.45, 2.75) is 20.1 Å². The molecule has 0 spiro atoms. The number of hydrogen-bond donors (Lipinski definition) is 2. The van der Waals surface area contributed by atoms with E-state index in [1.807, 2.05) is 0 Å². The third-order valence-electron chi connectivity index (χ3n) is 3.41. The van der Waals surface area contributed by atoms with Gasteiger partial charge < -0.3 is 9.84 Å². The van der Waals surface area contributed by atoms with Crippen LogP contribution in [0.2, 0.25) is 0 Å². The summed E-state index contributed by atoms with van der Waals surface area (Å²) in [4.78, 5) is 40.4. The number of nitrogens with zero attached hydrogens (tertiary/aromatic N) is 4. The van der Waals surface area contributed by atoms with E-state index in [0.29, 0.717) is 20.5 Å². The molecule has 0 aromatic carbocycles. The van der Waals surface area contributed by atoms with E-state index in [-0.39, 0.29) is 23.4 Å². The van der Waals surface area contributed by atoms with Crippen molar-refractivity contribution in [3.8, 4) is 0 Å². The molecule has 3 aromatic rings. The largest absolute Gasteiger partial charge is 0.477 e. The number of carboxylic acid groups (broad SMARTS) is 1. The van der Waals surface area contributed by atoms with Crippen molar-refractivity contribution >= 4 is 49.9 Å². The maximum absolute atomic E-state index is 12.6. The number of carboxylic acids is 1. The first-order valence-electron chi connectivity index (χ1n) is 7.23. The van der Waals surface area contributed by atoms with E-state index in [4.69, 9.17) is 9.84 Å². The predicted octanol–water partition coefficient (Wildman–Crippen LogP) is 1.10. The van der Waals surface area contributed by atoms with Crippen LogP contribution in [0.15, 0.2) is 11.1 Å². The fraction of sp³-hybridized carbons (Fsp3) is 0.286. The molecule has 0 aliphatic rings. The molecule has 0 atom stereocenters. The lowest BCUT2D eigenvalue weighted by Gasteiger charge is -2.05. The summed E-state index contributed by atoms with van der Waals surface area (Å²) < 4.78 is 6.05. The monoisotopic (exact) mass is 395 g/mol. The lowest BCUT2D eigenvalue weighted by Crippen LogP contribution is -2.27. The number of aromatic nitrogens is 4.